The van der Waals surface area contributed by atoms with Gasteiger partial charge in [0.15, 0.2) is 0 Å². The Hall–Kier alpha value is -0.0800. The van der Waals surface area contributed by atoms with E-state index in [0.29, 0.717) is 0 Å². The largest absolute Gasteiger partial charge is 0.372 e. The Labute approximate surface area is 147 Å². The molecule has 2 heteroatoms. The van der Waals surface area contributed by atoms with Gasteiger partial charge in [0, 0.05) is 6.61 Å². The molecule has 0 aromatic rings. The van der Waals surface area contributed by atoms with Crippen LogP contribution in [0.25, 0.3) is 0 Å². The van der Waals surface area contributed by atoms with Crippen LogP contribution in [0.3, 0.4) is 0 Å². The predicted molar refractivity (Wildman–Crippen MR) is 105 cm³/mol. The van der Waals surface area contributed by atoms with Gasteiger partial charge < -0.3 is 10.9 Å². The van der Waals surface area contributed by atoms with E-state index in [0.717, 1.165) is 13.0 Å². The molecule has 2 nitrogen and oxygen atoms in total. The maximum atomic E-state index is 5.62. The van der Waals surface area contributed by atoms with Crippen molar-refractivity contribution in [2.45, 2.75) is 124 Å². The molecule has 1 radical (unpaired) electrons. The van der Waals surface area contributed by atoms with Gasteiger partial charge in [-0.05, 0) is 19.8 Å². The second-order valence-corrected chi connectivity index (χ2v) is 6.67. The molecule has 0 saturated heterocycles. The fourth-order valence-corrected chi connectivity index (χ4v) is 3.07. The Morgan fingerprint density at radius 2 is 0.957 bits per heavy atom. The summed E-state index contributed by atoms with van der Waals surface area (Å²) in [5, 5.41) is 0. The lowest BCUT2D eigenvalue weighted by atomic mass is 10.0. The summed E-state index contributed by atoms with van der Waals surface area (Å²) in [6, 6.07) is 0. The van der Waals surface area contributed by atoms with Crippen LogP contribution in [-0.4, -0.2) is 6.61 Å². The lowest BCUT2D eigenvalue weighted by molar-refractivity contribution is 0.139. The Kier molecular flexibility index (Phi) is 24.0. The highest BCUT2D eigenvalue weighted by molar-refractivity contribution is 4.75. The van der Waals surface area contributed by atoms with Gasteiger partial charge in [-0.15, -0.1) is 0 Å². The third-order valence-electron chi connectivity index (χ3n) is 4.55. The highest BCUT2D eigenvalue weighted by atomic mass is 16.5. The van der Waals surface area contributed by atoms with E-state index in [1.54, 1.807) is 0 Å². The number of ether oxygens (including phenoxy) is 1. The molecular formula is C21H46NO. The first-order valence-electron chi connectivity index (χ1n) is 10.3. The second-order valence-electron chi connectivity index (χ2n) is 6.67. The SMILES string of the molecule is CCCCCCCCCCCCCCCC[C](CC)OCC.N. The molecule has 0 heterocycles. The smallest absolute Gasteiger partial charge is 0.0967 e. The van der Waals surface area contributed by atoms with E-state index in [1.165, 1.54) is 102 Å². The van der Waals surface area contributed by atoms with Gasteiger partial charge in [-0.25, -0.2) is 0 Å². The molecule has 0 rings (SSSR count). The summed E-state index contributed by atoms with van der Waals surface area (Å²) < 4.78 is 5.62. The van der Waals surface area contributed by atoms with Crippen molar-refractivity contribution < 1.29 is 4.74 Å². The minimum atomic E-state index is 0. The first kappa shape index (κ1) is 25.2. The van der Waals surface area contributed by atoms with Gasteiger partial charge in [0.1, 0.15) is 0 Å². The molecule has 0 spiro atoms. The quantitative estimate of drug-likeness (QED) is 0.259. The average Bonchev–Trinajstić information content (AvgIpc) is 2.54. The van der Waals surface area contributed by atoms with Gasteiger partial charge in [0.05, 0.1) is 6.10 Å². The maximum absolute atomic E-state index is 5.62. The maximum Gasteiger partial charge on any atom is 0.0967 e. The number of rotatable bonds is 18. The normalized spacial score (nSPS) is 11.0. The van der Waals surface area contributed by atoms with E-state index < -0.39 is 0 Å². The van der Waals surface area contributed by atoms with Crippen molar-refractivity contribution >= 4 is 0 Å². The summed E-state index contributed by atoms with van der Waals surface area (Å²) in [6.07, 6.45) is 23.6. The molecule has 0 amide bonds. The monoisotopic (exact) mass is 328 g/mol. The lowest BCUT2D eigenvalue weighted by Crippen LogP contribution is -2.01. The summed E-state index contributed by atoms with van der Waals surface area (Å²) in [7, 11) is 0. The molecule has 0 unspecified atom stereocenters. The van der Waals surface area contributed by atoms with E-state index >= 15 is 0 Å². The van der Waals surface area contributed by atoms with Crippen LogP contribution in [0, 0.1) is 6.10 Å². The van der Waals surface area contributed by atoms with E-state index in [2.05, 4.69) is 20.8 Å². The fraction of sp³-hybridized carbons (Fsp3) is 0.952. The first-order valence-corrected chi connectivity index (χ1v) is 10.3. The second kappa shape index (κ2) is 21.9. The Bertz CT molecular complexity index is 196. The Balaban J connectivity index is 0. The van der Waals surface area contributed by atoms with Gasteiger partial charge in [-0.2, -0.15) is 0 Å². The summed E-state index contributed by atoms with van der Waals surface area (Å²) >= 11 is 0. The zero-order chi connectivity index (χ0) is 16.3. The van der Waals surface area contributed by atoms with Crippen molar-refractivity contribution in [1.29, 1.82) is 0 Å². The van der Waals surface area contributed by atoms with Gasteiger partial charge in [0.2, 0.25) is 0 Å². The van der Waals surface area contributed by atoms with Crippen LogP contribution in [0.2, 0.25) is 0 Å². The molecule has 0 fully saturated rings. The molecule has 0 aromatic carbocycles. The topological polar surface area (TPSA) is 44.2 Å². The van der Waals surface area contributed by atoms with Crippen molar-refractivity contribution in [3.05, 3.63) is 6.10 Å². The number of unbranched alkanes of at least 4 members (excludes halogenated alkanes) is 13. The predicted octanol–water partition coefficient (Wildman–Crippen LogP) is 8.00. The third-order valence-corrected chi connectivity index (χ3v) is 4.55. The van der Waals surface area contributed by atoms with Crippen molar-refractivity contribution in [3.8, 4) is 0 Å². The molecule has 0 saturated carbocycles. The van der Waals surface area contributed by atoms with Crippen LogP contribution in [0.1, 0.15) is 124 Å². The van der Waals surface area contributed by atoms with Gasteiger partial charge in [-0.3, -0.25) is 0 Å². The molecule has 0 aliphatic rings. The summed E-state index contributed by atoms with van der Waals surface area (Å²) in [4.78, 5) is 0. The average molecular weight is 329 g/mol. The van der Waals surface area contributed by atoms with Gasteiger partial charge in [-0.1, -0.05) is 104 Å². The first-order chi connectivity index (χ1) is 10.8. The Morgan fingerprint density at radius 3 is 1.30 bits per heavy atom. The minimum absolute atomic E-state index is 0. The van der Waals surface area contributed by atoms with Crippen LogP contribution >= 0.6 is 0 Å². The zero-order valence-electron chi connectivity index (χ0n) is 16.6. The molecule has 0 aliphatic heterocycles. The standard InChI is InChI=1S/C21H43O.H3N/c1-4-7-8-9-10-11-12-13-14-15-16-17-18-19-20-21(5-2)22-6-3;/h4-20H2,1-3H3;1H3. The molecule has 0 bridgehead atoms. The highest BCUT2D eigenvalue weighted by Gasteiger charge is 2.05. The summed E-state index contributed by atoms with van der Waals surface area (Å²) in [5.74, 6) is 0. The summed E-state index contributed by atoms with van der Waals surface area (Å²) in [5.41, 5.74) is 0. The van der Waals surface area contributed by atoms with Crippen LogP contribution in [0.15, 0.2) is 0 Å². The van der Waals surface area contributed by atoms with Gasteiger partial charge >= 0.3 is 0 Å². The van der Waals surface area contributed by atoms with E-state index in [-0.39, 0.29) is 6.15 Å². The molecular weight excluding hydrogens is 282 g/mol. The zero-order valence-corrected chi connectivity index (χ0v) is 16.6. The van der Waals surface area contributed by atoms with Crippen molar-refractivity contribution in [3.63, 3.8) is 0 Å². The fourth-order valence-electron chi connectivity index (χ4n) is 3.07. The molecule has 0 aromatic heterocycles. The van der Waals surface area contributed by atoms with Crippen LogP contribution in [-0.2, 0) is 4.74 Å². The lowest BCUT2D eigenvalue weighted by Gasteiger charge is -2.13. The van der Waals surface area contributed by atoms with E-state index in [4.69, 9.17) is 4.74 Å². The molecule has 0 aliphatic carbocycles. The van der Waals surface area contributed by atoms with E-state index in [1.807, 2.05) is 0 Å². The van der Waals surface area contributed by atoms with Gasteiger partial charge in [0.25, 0.3) is 0 Å². The van der Waals surface area contributed by atoms with Crippen LogP contribution < -0.4 is 6.15 Å². The van der Waals surface area contributed by atoms with Crippen LogP contribution in [0.4, 0.5) is 0 Å². The number of hydrogen-bond donors (Lipinski definition) is 1. The number of hydrogen-bond acceptors (Lipinski definition) is 2. The van der Waals surface area contributed by atoms with Crippen LogP contribution in [0.5, 0.6) is 0 Å². The van der Waals surface area contributed by atoms with E-state index in [9.17, 15) is 0 Å². The minimum Gasteiger partial charge on any atom is -0.372 e. The van der Waals surface area contributed by atoms with Crippen molar-refractivity contribution in [1.82, 2.24) is 6.15 Å². The molecule has 3 N–H and O–H groups in total. The molecule has 23 heavy (non-hydrogen) atoms. The summed E-state index contributed by atoms with van der Waals surface area (Å²) in [6.45, 7) is 7.41. The molecule has 0 atom stereocenters. The van der Waals surface area contributed by atoms with Crippen molar-refractivity contribution in [2.75, 3.05) is 6.61 Å². The highest BCUT2D eigenvalue weighted by Crippen LogP contribution is 2.18. The van der Waals surface area contributed by atoms with Crippen molar-refractivity contribution in [2.24, 2.45) is 0 Å². The third kappa shape index (κ3) is 19.9. The Morgan fingerprint density at radius 1 is 0.565 bits per heavy atom. The molecule has 141 valence electrons.